The highest BCUT2D eigenvalue weighted by Gasteiger charge is 2.28. The monoisotopic (exact) mass is 297 g/mol. The van der Waals surface area contributed by atoms with Crippen LogP contribution in [0.4, 0.5) is 4.39 Å². The molecule has 1 aliphatic rings. The molecular formula is C16H12FN3O2. The Balaban J connectivity index is 1.92. The number of carboxylic acid groups (broad SMARTS) is 1. The fraction of sp³-hybridized carbons (Fsp3) is 0.188. The van der Waals surface area contributed by atoms with Crippen molar-refractivity contribution in [2.45, 2.75) is 18.8 Å². The van der Waals surface area contributed by atoms with Crippen molar-refractivity contribution in [3.8, 4) is 11.3 Å². The van der Waals surface area contributed by atoms with Crippen molar-refractivity contribution in [3.63, 3.8) is 0 Å². The molecule has 0 amide bonds. The highest BCUT2D eigenvalue weighted by molar-refractivity contribution is 5.86. The topological polar surface area (TPSA) is 67.5 Å². The molecule has 5 nitrogen and oxygen atoms in total. The van der Waals surface area contributed by atoms with Gasteiger partial charge >= 0.3 is 5.97 Å². The lowest BCUT2D eigenvalue weighted by Crippen LogP contribution is -1.98. The van der Waals surface area contributed by atoms with E-state index in [1.54, 1.807) is 12.1 Å². The van der Waals surface area contributed by atoms with Gasteiger partial charge in [0.1, 0.15) is 5.82 Å². The van der Waals surface area contributed by atoms with Crippen molar-refractivity contribution in [3.05, 3.63) is 53.6 Å². The van der Waals surface area contributed by atoms with Crippen LogP contribution in [0.2, 0.25) is 0 Å². The highest BCUT2D eigenvalue weighted by atomic mass is 19.1. The van der Waals surface area contributed by atoms with Gasteiger partial charge in [0.15, 0.2) is 11.3 Å². The zero-order chi connectivity index (χ0) is 15.3. The lowest BCUT2D eigenvalue weighted by molar-refractivity contribution is 0.0691. The molecule has 0 radical (unpaired) electrons. The largest absolute Gasteiger partial charge is 0.476 e. The molecular weight excluding hydrogens is 285 g/mol. The normalized spacial score (nSPS) is 14.4. The second-order valence-electron chi connectivity index (χ2n) is 5.47. The molecule has 0 bridgehead atoms. The molecule has 1 saturated carbocycles. The van der Waals surface area contributed by atoms with Crippen LogP contribution in [-0.4, -0.2) is 25.7 Å². The first kappa shape index (κ1) is 12.9. The molecule has 0 atom stereocenters. The van der Waals surface area contributed by atoms with Crippen molar-refractivity contribution in [2.75, 3.05) is 0 Å². The molecule has 3 aromatic rings. The van der Waals surface area contributed by atoms with E-state index in [0.717, 1.165) is 24.0 Å². The van der Waals surface area contributed by atoms with E-state index in [2.05, 4.69) is 10.1 Å². The number of hydrogen-bond donors (Lipinski definition) is 1. The number of hydrogen-bond acceptors (Lipinski definition) is 3. The molecule has 22 heavy (non-hydrogen) atoms. The van der Waals surface area contributed by atoms with Crippen molar-refractivity contribution in [2.24, 2.45) is 0 Å². The predicted molar refractivity (Wildman–Crippen MR) is 77.3 cm³/mol. The Morgan fingerprint density at radius 2 is 2.00 bits per heavy atom. The number of fused-ring (bicyclic) bond motifs is 1. The third-order valence-corrected chi connectivity index (χ3v) is 3.83. The molecule has 6 heteroatoms. The molecule has 2 aromatic heterocycles. The maximum absolute atomic E-state index is 13.1. The minimum atomic E-state index is -1.07. The Kier molecular flexibility index (Phi) is 2.72. The smallest absolute Gasteiger partial charge is 0.356 e. The van der Waals surface area contributed by atoms with E-state index in [0.29, 0.717) is 17.3 Å². The highest BCUT2D eigenvalue weighted by Crippen LogP contribution is 2.42. The quantitative estimate of drug-likeness (QED) is 0.806. The molecule has 4 rings (SSSR count). The maximum Gasteiger partial charge on any atom is 0.356 e. The summed E-state index contributed by atoms with van der Waals surface area (Å²) in [4.78, 5) is 15.3. The maximum atomic E-state index is 13.1. The minimum absolute atomic E-state index is 0.0225. The summed E-state index contributed by atoms with van der Waals surface area (Å²) >= 11 is 0. The number of halogens is 1. The Morgan fingerprint density at radius 3 is 2.64 bits per heavy atom. The van der Waals surface area contributed by atoms with Crippen LogP contribution in [0.1, 0.15) is 34.8 Å². The fourth-order valence-electron chi connectivity index (χ4n) is 2.56. The van der Waals surface area contributed by atoms with Crippen LogP contribution in [0, 0.1) is 5.82 Å². The SMILES string of the molecule is O=C(O)c1cn2nc(-c3ccc(F)cc3)cc(C3CC3)c2n1. The summed E-state index contributed by atoms with van der Waals surface area (Å²) in [5.41, 5.74) is 3.04. The van der Waals surface area contributed by atoms with Crippen LogP contribution < -0.4 is 0 Å². The van der Waals surface area contributed by atoms with Gasteiger partial charge in [-0.15, -0.1) is 0 Å². The first-order valence-electron chi connectivity index (χ1n) is 7.01. The molecule has 0 spiro atoms. The van der Waals surface area contributed by atoms with Crippen LogP contribution in [0.5, 0.6) is 0 Å². The lowest BCUT2D eigenvalue weighted by atomic mass is 10.1. The minimum Gasteiger partial charge on any atom is -0.476 e. The molecule has 1 N–H and O–H groups in total. The first-order chi connectivity index (χ1) is 10.6. The fourth-order valence-corrected chi connectivity index (χ4v) is 2.56. The second kappa shape index (κ2) is 4.62. The number of carboxylic acids is 1. The lowest BCUT2D eigenvalue weighted by Gasteiger charge is -2.06. The molecule has 0 unspecified atom stereocenters. The summed E-state index contributed by atoms with van der Waals surface area (Å²) in [5.74, 6) is -0.979. The third-order valence-electron chi connectivity index (χ3n) is 3.83. The number of carbonyl (C=O) groups is 1. The standard InChI is InChI=1S/C16H12FN3O2/c17-11-5-3-10(4-6-11)13-7-12(9-1-2-9)15-18-14(16(21)22)8-20(15)19-13/h3-9H,1-2H2,(H,21,22). The predicted octanol–water partition coefficient (Wildman–Crippen LogP) is 3.11. The summed E-state index contributed by atoms with van der Waals surface area (Å²) in [6.45, 7) is 0. The van der Waals surface area contributed by atoms with Crippen LogP contribution in [-0.2, 0) is 0 Å². The summed E-state index contributed by atoms with van der Waals surface area (Å²) in [6, 6.07) is 8.02. The van der Waals surface area contributed by atoms with Crippen LogP contribution >= 0.6 is 0 Å². The molecule has 1 aliphatic carbocycles. The van der Waals surface area contributed by atoms with Gasteiger partial charge in [-0.25, -0.2) is 18.7 Å². The van der Waals surface area contributed by atoms with Crippen LogP contribution in [0.3, 0.4) is 0 Å². The molecule has 0 aliphatic heterocycles. The van der Waals surface area contributed by atoms with E-state index in [1.807, 2.05) is 6.07 Å². The van der Waals surface area contributed by atoms with Crippen molar-refractivity contribution in [1.82, 2.24) is 14.6 Å². The first-order valence-corrected chi connectivity index (χ1v) is 7.01. The number of benzene rings is 1. The number of nitrogens with zero attached hydrogens (tertiary/aromatic N) is 3. The number of rotatable bonds is 3. The van der Waals surface area contributed by atoms with Gasteiger partial charge in [0.05, 0.1) is 11.9 Å². The molecule has 1 fully saturated rings. The van der Waals surface area contributed by atoms with Crippen LogP contribution in [0.25, 0.3) is 16.9 Å². The zero-order valence-corrected chi connectivity index (χ0v) is 11.5. The number of aromatic carboxylic acids is 1. The van der Waals surface area contributed by atoms with E-state index in [4.69, 9.17) is 5.11 Å². The summed E-state index contributed by atoms with van der Waals surface area (Å²) in [5, 5.41) is 13.5. The molecule has 0 saturated heterocycles. The van der Waals surface area contributed by atoms with Gasteiger partial charge < -0.3 is 5.11 Å². The van der Waals surface area contributed by atoms with Crippen molar-refractivity contribution >= 4 is 11.6 Å². The van der Waals surface area contributed by atoms with Gasteiger partial charge in [-0.2, -0.15) is 5.10 Å². The van der Waals surface area contributed by atoms with E-state index in [-0.39, 0.29) is 11.5 Å². The summed E-state index contributed by atoms with van der Waals surface area (Å²) < 4.78 is 14.6. The van der Waals surface area contributed by atoms with Gasteiger partial charge in [-0.3, -0.25) is 0 Å². The summed E-state index contributed by atoms with van der Waals surface area (Å²) in [6.07, 6.45) is 3.55. The molecule has 2 heterocycles. The molecule has 110 valence electrons. The van der Waals surface area contributed by atoms with Gasteiger partial charge in [0.25, 0.3) is 0 Å². The Morgan fingerprint density at radius 1 is 1.27 bits per heavy atom. The van der Waals surface area contributed by atoms with Crippen LogP contribution in [0.15, 0.2) is 36.5 Å². The van der Waals surface area contributed by atoms with Gasteiger partial charge in [-0.1, -0.05) is 0 Å². The number of aromatic nitrogens is 3. The summed E-state index contributed by atoms with van der Waals surface area (Å²) in [7, 11) is 0. The van der Waals surface area contributed by atoms with Gasteiger partial charge in [0, 0.05) is 11.1 Å². The Bertz CT molecular complexity index is 882. The average Bonchev–Trinajstić information content (AvgIpc) is 3.25. The molecule has 1 aromatic carbocycles. The van der Waals surface area contributed by atoms with E-state index >= 15 is 0 Å². The van der Waals surface area contributed by atoms with E-state index in [1.165, 1.54) is 22.8 Å². The van der Waals surface area contributed by atoms with E-state index in [9.17, 15) is 9.18 Å². The second-order valence-corrected chi connectivity index (χ2v) is 5.47. The zero-order valence-electron chi connectivity index (χ0n) is 11.5. The third kappa shape index (κ3) is 2.13. The Hall–Kier alpha value is -2.76. The van der Waals surface area contributed by atoms with Gasteiger partial charge in [-0.05, 0) is 49.1 Å². The van der Waals surface area contributed by atoms with E-state index < -0.39 is 5.97 Å². The number of imidazole rings is 1. The van der Waals surface area contributed by atoms with Gasteiger partial charge in [0.2, 0.25) is 0 Å². The Labute approximate surface area is 125 Å². The average molecular weight is 297 g/mol. The van der Waals surface area contributed by atoms with Crippen molar-refractivity contribution in [1.29, 1.82) is 0 Å². The van der Waals surface area contributed by atoms with Crippen molar-refractivity contribution < 1.29 is 14.3 Å².